The Morgan fingerprint density at radius 3 is 2.51 bits per heavy atom. The minimum absolute atomic E-state index is 0.501. The van der Waals surface area contributed by atoms with Crippen molar-refractivity contribution in [1.82, 2.24) is 24.5 Å². The zero-order chi connectivity index (χ0) is 28.1. The Morgan fingerprint density at radius 2 is 1.85 bits per heavy atom. The number of aromatic nitrogens is 4. The molecule has 0 aliphatic carbocycles. The highest BCUT2D eigenvalue weighted by atomic mass is 31.2. The Balaban J connectivity index is 1.10. The second kappa shape index (κ2) is 10.2. The maximum Gasteiger partial charge on any atom is 0.212 e. The molecule has 210 valence electrons. The van der Waals surface area contributed by atoms with E-state index in [1.807, 2.05) is 31.3 Å². The Morgan fingerprint density at radius 1 is 1.05 bits per heavy atom. The van der Waals surface area contributed by atoms with E-state index in [2.05, 4.69) is 55.1 Å². The highest BCUT2D eigenvalue weighted by molar-refractivity contribution is 7.63. The molecular weight excluding hydrogens is 535 g/mol. The zero-order valence-electron chi connectivity index (χ0n) is 23.3. The Bertz CT molecular complexity index is 1660. The quantitative estimate of drug-likeness (QED) is 0.320. The lowest BCUT2D eigenvalue weighted by Gasteiger charge is -2.56. The second-order valence-electron chi connectivity index (χ2n) is 11.5. The number of hydrogen-bond donors (Lipinski definition) is 0. The molecule has 4 saturated heterocycles. The highest BCUT2D eigenvalue weighted by Crippen LogP contribution is 2.44. The summed E-state index contributed by atoms with van der Waals surface area (Å²) >= 11 is 0. The molecule has 4 aliphatic heterocycles. The van der Waals surface area contributed by atoms with Gasteiger partial charge in [-0.1, -0.05) is 6.07 Å². The van der Waals surface area contributed by atoms with E-state index in [1.165, 1.54) is 12.0 Å². The van der Waals surface area contributed by atoms with Gasteiger partial charge in [0, 0.05) is 86.7 Å². The van der Waals surface area contributed by atoms with Gasteiger partial charge in [0.1, 0.15) is 11.9 Å². The summed E-state index contributed by atoms with van der Waals surface area (Å²) in [4.78, 5) is 16.5. The molecule has 4 aromatic heterocycles. The lowest BCUT2D eigenvalue weighted by atomic mass is 9.87. The average molecular weight is 569 g/mol. The first-order valence-corrected chi connectivity index (χ1v) is 16.6. The predicted octanol–water partition coefficient (Wildman–Crippen LogP) is 3.95. The molecule has 2 bridgehead atoms. The van der Waals surface area contributed by atoms with Crippen LogP contribution in [0.25, 0.3) is 16.6 Å². The molecule has 10 nitrogen and oxygen atoms in total. The van der Waals surface area contributed by atoms with Gasteiger partial charge in [0.05, 0.1) is 43.4 Å². The van der Waals surface area contributed by atoms with Gasteiger partial charge < -0.3 is 19.1 Å². The first kappa shape index (κ1) is 26.0. The van der Waals surface area contributed by atoms with Gasteiger partial charge in [0.2, 0.25) is 5.88 Å². The van der Waals surface area contributed by atoms with Crippen LogP contribution in [0.15, 0.2) is 55.1 Å². The Labute approximate surface area is 239 Å². The van der Waals surface area contributed by atoms with Crippen molar-refractivity contribution < 1.29 is 9.30 Å². The number of pyridine rings is 3. The lowest BCUT2D eigenvalue weighted by Crippen LogP contribution is -2.68. The average Bonchev–Trinajstić information content (AvgIpc) is 3.43. The maximum atomic E-state index is 12.6. The molecule has 0 N–H and O–H groups in total. The molecule has 2 unspecified atom stereocenters. The van der Waals surface area contributed by atoms with Crippen LogP contribution in [-0.4, -0.2) is 88.8 Å². The van der Waals surface area contributed by atoms with Crippen LogP contribution in [0.1, 0.15) is 17.5 Å². The predicted molar refractivity (Wildman–Crippen MR) is 159 cm³/mol. The summed E-state index contributed by atoms with van der Waals surface area (Å²) in [6.07, 6.45) is 10.1. The van der Waals surface area contributed by atoms with Gasteiger partial charge in [-0.2, -0.15) is 10.4 Å². The topological polar surface area (TPSA) is 103 Å². The number of piperazine rings is 1. The van der Waals surface area contributed by atoms with E-state index in [1.54, 1.807) is 17.8 Å². The number of hydrogen-bond acceptors (Lipinski definition) is 9. The van der Waals surface area contributed by atoms with Gasteiger partial charge in [0.15, 0.2) is 0 Å². The maximum absolute atomic E-state index is 12.6. The lowest BCUT2D eigenvalue weighted by molar-refractivity contribution is -0.00876. The Hall–Kier alpha value is -3.93. The molecule has 0 saturated carbocycles. The molecule has 11 heteroatoms. The standard InChI is InChI=1S/C30H33N8O2P/c1-40-29-6-3-21(14-33-29)17-37-25-11-26(37)19-36(18-25)28-5-4-22(15-32-28)27-12-24(35-7-9-41(2,39)10-8-35)20-38-30(27)23(13-31)16-34-38/h3-6,12,14-16,20,25-26H,7-11,17-19H2,1-2H3. The fourth-order valence-corrected chi connectivity index (χ4v) is 7.98. The van der Waals surface area contributed by atoms with Crippen LogP contribution < -0.4 is 14.5 Å². The van der Waals surface area contributed by atoms with Gasteiger partial charge in [-0.3, -0.25) is 4.90 Å². The molecule has 8 heterocycles. The van der Waals surface area contributed by atoms with E-state index < -0.39 is 7.14 Å². The first-order chi connectivity index (χ1) is 19.9. The smallest absolute Gasteiger partial charge is 0.212 e. The van der Waals surface area contributed by atoms with Crippen LogP contribution in [0.4, 0.5) is 11.5 Å². The molecule has 0 aromatic carbocycles. The summed E-state index contributed by atoms with van der Waals surface area (Å²) in [5, 5.41) is 14.3. The monoisotopic (exact) mass is 568 g/mol. The number of nitriles is 1. The third-order valence-electron chi connectivity index (χ3n) is 8.87. The summed E-state index contributed by atoms with van der Waals surface area (Å²) < 4.78 is 19.5. The number of piperidine rings is 1. The SMILES string of the molecule is COc1ccc(CN2C3CC2CN(c2ccc(-c4cc(N5CCP(C)(=O)CC5)cn5ncc(C#N)c45)cn2)C3)cn1. The van der Waals surface area contributed by atoms with E-state index in [-0.39, 0.29) is 0 Å². The molecule has 0 spiro atoms. The van der Waals surface area contributed by atoms with Gasteiger partial charge in [0.25, 0.3) is 0 Å². The fraction of sp³-hybridized carbons (Fsp3) is 0.400. The number of nitrogens with zero attached hydrogens (tertiary/aromatic N) is 8. The third-order valence-corrected chi connectivity index (χ3v) is 11.2. The van der Waals surface area contributed by atoms with Crippen LogP contribution in [0.5, 0.6) is 5.88 Å². The van der Waals surface area contributed by atoms with Gasteiger partial charge in [-0.15, -0.1) is 0 Å². The number of methoxy groups -OCH3 is 1. The van der Waals surface area contributed by atoms with Crippen molar-refractivity contribution in [3.05, 3.63) is 66.2 Å². The number of anilines is 2. The van der Waals surface area contributed by atoms with E-state index in [4.69, 9.17) is 9.72 Å². The van der Waals surface area contributed by atoms with Crippen molar-refractivity contribution >= 4 is 24.2 Å². The summed E-state index contributed by atoms with van der Waals surface area (Å²) in [5.41, 5.74) is 5.43. The summed E-state index contributed by atoms with van der Waals surface area (Å²) in [7, 11) is -0.405. The Kier molecular flexibility index (Phi) is 6.44. The minimum Gasteiger partial charge on any atom is -0.481 e. The molecule has 0 radical (unpaired) electrons. The van der Waals surface area contributed by atoms with Crippen molar-refractivity contribution in [2.45, 2.75) is 25.0 Å². The van der Waals surface area contributed by atoms with Crippen molar-refractivity contribution in [3.8, 4) is 23.1 Å². The van der Waals surface area contributed by atoms with Gasteiger partial charge in [-0.25, -0.2) is 14.5 Å². The molecule has 4 aromatic rings. The zero-order valence-corrected chi connectivity index (χ0v) is 24.2. The van der Waals surface area contributed by atoms with Crippen LogP contribution in [-0.2, 0) is 11.1 Å². The molecule has 8 rings (SSSR count). The van der Waals surface area contributed by atoms with Crippen LogP contribution in [0.2, 0.25) is 0 Å². The first-order valence-electron chi connectivity index (χ1n) is 14.1. The van der Waals surface area contributed by atoms with Crippen molar-refractivity contribution in [3.63, 3.8) is 0 Å². The van der Waals surface area contributed by atoms with Crippen LogP contribution in [0.3, 0.4) is 0 Å². The molecule has 4 fully saturated rings. The summed E-state index contributed by atoms with van der Waals surface area (Å²) in [6.45, 7) is 6.21. The third kappa shape index (κ3) is 4.83. The normalized spacial score (nSPS) is 21.9. The van der Waals surface area contributed by atoms with E-state index >= 15 is 0 Å². The molecular formula is C30H33N8O2P. The van der Waals surface area contributed by atoms with Crippen LogP contribution >= 0.6 is 7.14 Å². The fourth-order valence-electron chi connectivity index (χ4n) is 6.43. The van der Waals surface area contributed by atoms with Gasteiger partial charge >= 0.3 is 0 Å². The molecule has 4 aliphatic rings. The molecule has 41 heavy (non-hydrogen) atoms. The second-order valence-corrected chi connectivity index (χ2v) is 15.0. The van der Waals surface area contributed by atoms with Crippen LogP contribution in [0, 0.1) is 11.3 Å². The van der Waals surface area contributed by atoms with Crippen molar-refractivity contribution in [1.29, 1.82) is 5.26 Å². The number of rotatable bonds is 6. The molecule has 2 atom stereocenters. The summed E-state index contributed by atoms with van der Waals surface area (Å²) in [5.74, 6) is 1.62. The largest absolute Gasteiger partial charge is 0.481 e. The van der Waals surface area contributed by atoms with E-state index in [9.17, 15) is 9.83 Å². The van der Waals surface area contributed by atoms with Crippen molar-refractivity contribution in [2.75, 3.05) is 62.1 Å². The summed E-state index contributed by atoms with van der Waals surface area (Å²) in [6, 6.07) is 13.6. The van der Waals surface area contributed by atoms with Crippen molar-refractivity contribution in [2.24, 2.45) is 0 Å². The number of fused-ring (bicyclic) bond motifs is 3. The highest BCUT2D eigenvalue weighted by Gasteiger charge is 2.44. The molecule has 0 amide bonds. The van der Waals surface area contributed by atoms with Gasteiger partial charge in [-0.05, 0) is 36.8 Å². The van der Waals surface area contributed by atoms with E-state index in [0.717, 1.165) is 60.9 Å². The number of ether oxygens (including phenoxy) is 1. The minimum atomic E-state index is -2.04. The van der Waals surface area contributed by atoms with E-state index in [0.29, 0.717) is 35.9 Å².